The van der Waals surface area contributed by atoms with Crippen LogP contribution in [0.3, 0.4) is 0 Å². The first-order valence-electron chi connectivity index (χ1n) is 4.33. The van der Waals surface area contributed by atoms with Crippen LogP contribution < -0.4 is 5.32 Å². The third kappa shape index (κ3) is 1.59. The highest BCUT2D eigenvalue weighted by molar-refractivity contribution is 5.33. The summed E-state index contributed by atoms with van der Waals surface area (Å²) in [6.07, 6.45) is -2.64. The maximum absolute atomic E-state index is 12.5. The van der Waals surface area contributed by atoms with E-state index in [1.54, 1.807) is 0 Å². The molecule has 1 aliphatic rings. The minimum atomic E-state index is -4.26. The van der Waals surface area contributed by atoms with Gasteiger partial charge in [0.2, 0.25) is 0 Å². The van der Waals surface area contributed by atoms with E-state index in [-0.39, 0.29) is 0 Å². The van der Waals surface area contributed by atoms with Crippen LogP contribution in [-0.2, 0) is 19.1 Å². The van der Waals surface area contributed by atoms with E-state index < -0.39 is 11.7 Å². The topological polar surface area (TPSA) is 24.9 Å². The summed E-state index contributed by atoms with van der Waals surface area (Å²) < 4.78 is 37.6. The lowest BCUT2D eigenvalue weighted by Crippen LogP contribution is -2.27. The van der Waals surface area contributed by atoms with E-state index in [2.05, 4.69) is 10.3 Å². The first-order chi connectivity index (χ1) is 6.59. The van der Waals surface area contributed by atoms with Gasteiger partial charge in [0.15, 0.2) is 0 Å². The minimum Gasteiger partial charge on any atom is -0.311 e. The number of hydrogen-bond donors (Lipinski definition) is 1. The van der Waals surface area contributed by atoms with Crippen molar-refractivity contribution < 1.29 is 13.2 Å². The molecule has 14 heavy (non-hydrogen) atoms. The molecule has 1 aromatic heterocycles. The Labute approximate surface area is 79.2 Å². The predicted molar refractivity (Wildman–Crippen MR) is 44.6 cm³/mol. The number of nitrogens with zero attached hydrogens (tertiary/aromatic N) is 1. The van der Waals surface area contributed by atoms with Gasteiger partial charge in [-0.1, -0.05) is 0 Å². The lowest BCUT2D eigenvalue weighted by molar-refractivity contribution is -0.138. The van der Waals surface area contributed by atoms with Crippen molar-refractivity contribution in [2.45, 2.75) is 19.1 Å². The van der Waals surface area contributed by atoms with E-state index in [0.29, 0.717) is 30.8 Å². The zero-order chi connectivity index (χ0) is 10.2. The monoisotopic (exact) mass is 202 g/mol. The van der Waals surface area contributed by atoms with Crippen LogP contribution in [0.4, 0.5) is 13.2 Å². The van der Waals surface area contributed by atoms with E-state index in [9.17, 15) is 13.2 Å². The van der Waals surface area contributed by atoms with Crippen LogP contribution in [0.25, 0.3) is 0 Å². The first kappa shape index (κ1) is 9.45. The van der Waals surface area contributed by atoms with E-state index in [1.807, 2.05) is 0 Å². The Morgan fingerprint density at radius 1 is 1.36 bits per heavy atom. The zero-order valence-electron chi connectivity index (χ0n) is 7.36. The largest absolute Gasteiger partial charge is 0.416 e. The fourth-order valence-corrected chi connectivity index (χ4v) is 1.65. The molecule has 76 valence electrons. The fraction of sp³-hybridized carbons (Fsp3) is 0.444. The number of rotatable bonds is 0. The summed E-state index contributed by atoms with van der Waals surface area (Å²) in [7, 11) is 0. The lowest BCUT2D eigenvalue weighted by Gasteiger charge is -2.20. The van der Waals surface area contributed by atoms with Gasteiger partial charge in [0.05, 0.1) is 11.3 Å². The maximum atomic E-state index is 12.5. The fourth-order valence-electron chi connectivity index (χ4n) is 1.65. The van der Waals surface area contributed by atoms with Crippen molar-refractivity contribution in [3.63, 3.8) is 0 Å². The molecule has 0 aromatic carbocycles. The van der Waals surface area contributed by atoms with Crippen LogP contribution in [0, 0.1) is 0 Å². The van der Waals surface area contributed by atoms with Crippen molar-refractivity contribution >= 4 is 0 Å². The van der Waals surface area contributed by atoms with Gasteiger partial charge in [-0.3, -0.25) is 4.98 Å². The van der Waals surface area contributed by atoms with Gasteiger partial charge in [-0.2, -0.15) is 13.2 Å². The highest BCUT2D eigenvalue weighted by atomic mass is 19.4. The van der Waals surface area contributed by atoms with Crippen LogP contribution in [0.1, 0.15) is 16.8 Å². The Kier molecular flexibility index (Phi) is 2.19. The maximum Gasteiger partial charge on any atom is 0.416 e. The molecule has 2 nitrogen and oxygen atoms in total. The summed E-state index contributed by atoms with van der Waals surface area (Å²) in [6.45, 7) is 1.01. The summed E-state index contributed by atoms with van der Waals surface area (Å²) in [4.78, 5) is 3.93. The van der Waals surface area contributed by atoms with Gasteiger partial charge in [-0.15, -0.1) is 0 Å². The standard InChI is InChI=1S/C9H9F3N2/c10-9(11,12)7-2-4-14-8-5-13-3-1-6(7)8/h2,4,13H,1,3,5H2. The van der Waals surface area contributed by atoms with Gasteiger partial charge in [0, 0.05) is 12.7 Å². The Bertz CT molecular complexity index is 346. The molecule has 2 heterocycles. The van der Waals surface area contributed by atoms with Crippen LogP contribution in [-0.4, -0.2) is 11.5 Å². The van der Waals surface area contributed by atoms with Crippen molar-refractivity contribution in [3.8, 4) is 0 Å². The molecule has 0 atom stereocenters. The number of halogens is 3. The Balaban J connectivity index is 2.51. The minimum absolute atomic E-state index is 0.346. The second-order valence-electron chi connectivity index (χ2n) is 3.21. The van der Waals surface area contributed by atoms with Crippen LogP contribution in [0.5, 0.6) is 0 Å². The molecular weight excluding hydrogens is 193 g/mol. The van der Waals surface area contributed by atoms with E-state index in [0.717, 1.165) is 6.07 Å². The number of aromatic nitrogens is 1. The molecule has 1 aromatic rings. The molecule has 0 saturated carbocycles. The second kappa shape index (κ2) is 3.24. The Morgan fingerprint density at radius 2 is 2.14 bits per heavy atom. The van der Waals surface area contributed by atoms with Crippen molar-refractivity contribution in [3.05, 3.63) is 29.1 Å². The van der Waals surface area contributed by atoms with Crippen molar-refractivity contribution in [1.82, 2.24) is 10.3 Å². The van der Waals surface area contributed by atoms with Crippen molar-refractivity contribution in [1.29, 1.82) is 0 Å². The molecule has 0 amide bonds. The lowest BCUT2D eigenvalue weighted by atomic mass is 10.0. The molecule has 0 unspecified atom stereocenters. The SMILES string of the molecule is FC(F)(F)c1ccnc2c1CCNC2. The third-order valence-corrected chi connectivity index (χ3v) is 2.29. The molecule has 0 aliphatic carbocycles. The molecule has 2 rings (SSSR count). The highest BCUT2D eigenvalue weighted by Crippen LogP contribution is 2.33. The quantitative estimate of drug-likeness (QED) is 0.693. The molecular formula is C9H9F3N2. The summed E-state index contributed by atoms with van der Waals surface area (Å²) >= 11 is 0. The number of alkyl halides is 3. The zero-order valence-corrected chi connectivity index (χ0v) is 7.36. The van der Waals surface area contributed by atoms with Gasteiger partial charge >= 0.3 is 6.18 Å². The molecule has 0 spiro atoms. The molecule has 1 N–H and O–H groups in total. The second-order valence-corrected chi connectivity index (χ2v) is 3.21. The predicted octanol–water partition coefficient (Wildman–Crippen LogP) is 1.75. The van der Waals surface area contributed by atoms with Gasteiger partial charge in [0.25, 0.3) is 0 Å². The number of pyridine rings is 1. The summed E-state index contributed by atoms with van der Waals surface area (Å²) in [5.74, 6) is 0. The van der Waals surface area contributed by atoms with Gasteiger partial charge in [0.1, 0.15) is 0 Å². The van der Waals surface area contributed by atoms with Crippen molar-refractivity contribution in [2.24, 2.45) is 0 Å². The van der Waals surface area contributed by atoms with E-state index in [1.165, 1.54) is 6.20 Å². The summed E-state index contributed by atoms with van der Waals surface area (Å²) in [5.41, 5.74) is 0.328. The van der Waals surface area contributed by atoms with Gasteiger partial charge in [-0.05, 0) is 24.6 Å². The van der Waals surface area contributed by atoms with E-state index >= 15 is 0 Å². The molecule has 0 saturated heterocycles. The first-order valence-corrected chi connectivity index (χ1v) is 4.33. The number of nitrogens with one attached hydrogen (secondary N) is 1. The summed E-state index contributed by atoms with van der Waals surface area (Å²) in [6, 6.07) is 1.05. The average Bonchev–Trinajstić information content (AvgIpc) is 2.15. The smallest absolute Gasteiger partial charge is 0.311 e. The third-order valence-electron chi connectivity index (χ3n) is 2.29. The average molecular weight is 202 g/mol. The van der Waals surface area contributed by atoms with Gasteiger partial charge < -0.3 is 5.32 Å². The van der Waals surface area contributed by atoms with Crippen LogP contribution in [0.2, 0.25) is 0 Å². The molecule has 0 bridgehead atoms. The number of hydrogen-bond acceptors (Lipinski definition) is 2. The van der Waals surface area contributed by atoms with Crippen LogP contribution in [0.15, 0.2) is 12.3 Å². The molecule has 1 aliphatic heterocycles. The highest BCUT2D eigenvalue weighted by Gasteiger charge is 2.34. The van der Waals surface area contributed by atoms with Crippen molar-refractivity contribution in [2.75, 3.05) is 6.54 Å². The van der Waals surface area contributed by atoms with E-state index in [4.69, 9.17) is 0 Å². The van der Waals surface area contributed by atoms with Crippen LogP contribution >= 0.6 is 0 Å². The molecule has 5 heteroatoms. The van der Waals surface area contributed by atoms with Gasteiger partial charge in [-0.25, -0.2) is 0 Å². The molecule has 0 radical (unpaired) electrons. The normalized spacial score (nSPS) is 16.5. The Morgan fingerprint density at radius 3 is 2.86 bits per heavy atom. The summed E-state index contributed by atoms with van der Waals surface area (Å²) in [5, 5.41) is 2.99. The molecule has 0 fully saturated rings. The Hall–Kier alpha value is -1.10. The number of fused-ring (bicyclic) bond motifs is 1.